The standard InChI is InChI=1S/C24H17ClF2N2O5S/c25-16-8-14-10-22(23(16)30)35(32,33)28-19-11-15(17(26)12-18(19)27)21-9-13-4-1-2-5-20(13)29(21)6-3-7-34-24(14)31/h1-2,4-5,8-12,28,30H,3,6-7H2. The van der Waals surface area contributed by atoms with E-state index in [4.69, 9.17) is 16.3 Å². The van der Waals surface area contributed by atoms with Gasteiger partial charge in [-0.25, -0.2) is 22.0 Å². The number of benzene rings is 3. The minimum absolute atomic E-state index is 0.0270. The van der Waals surface area contributed by atoms with Crippen molar-refractivity contribution in [3.63, 3.8) is 0 Å². The van der Waals surface area contributed by atoms with Crippen molar-refractivity contribution in [1.29, 1.82) is 0 Å². The number of anilines is 1. The molecule has 2 N–H and O–H groups in total. The maximum absolute atomic E-state index is 15.0. The van der Waals surface area contributed by atoms with Gasteiger partial charge in [-0.2, -0.15) is 0 Å². The molecule has 3 aromatic carbocycles. The van der Waals surface area contributed by atoms with Gasteiger partial charge in [-0.1, -0.05) is 29.8 Å². The molecule has 1 aliphatic heterocycles. The summed E-state index contributed by atoms with van der Waals surface area (Å²) in [6, 6.07) is 12.6. The Balaban J connectivity index is 1.74. The summed E-state index contributed by atoms with van der Waals surface area (Å²) in [5.74, 6) is -3.74. The Morgan fingerprint density at radius 2 is 1.83 bits per heavy atom. The highest BCUT2D eigenvalue weighted by molar-refractivity contribution is 7.92. The molecule has 4 aromatic rings. The third-order valence-electron chi connectivity index (χ3n) is 5.70. The van der Waals surface area contributed by atoms with Crippen LogP contribution in [0.25, 0.3) is 22.2 Å². The number of para-hydroxylation sites is 1. The lowest BCUT2D eigenvalue weighted by Crippen LogP contribution is -2.16. The van der Waals surface area contributed by atoms with Gasteiger partial charge in [-0.3, -0.25) is 4.72 Å². The van der Waals surface area contributed by atoms with Crippen LogP contribution in [0.4, 0.5) is 14.5 Å². The lowest BCUT2D eigenvalue weighted by atomic mass is 10.1. The molecule has 0 radical (unpaired) electrons. The molecule has 2 heterocycles. The van der Waals surface area contributed by atoms with Crippen molar-refractivity contribution in [1.82, 2.24) is 4.57 Å². The van der Waals surface area contributed by atoms with E-state index in [1.54, 1.807) is 10.6 Å². The van der Waals surface area contributed by atoms with Crippen LogP contribution < -0.4 is 4.72 Å². The SMILES string of the molecule is O=C1OCCCn2c(cc3ccccc32)-c2cc(c(F)cc2F)NS(=O)(=O)c2cc1cc(Cl)c2O. The molecule has 0 spiro atoms. The van der Waals surface area contributed by atoms with E-state index in [1.165, 1.54) is 0 Å². The first-order valence-electron chi connectivity index (χ1n) is 10.5. The second-order valence-corrected chi connectivity index (χ2v) is 10.0. The van der Waals surface area contributed by atoms with Gasteiger partial charge in [-0.05, 0) is 36.8 Å². The first kappa shape index (κ1) is 23.1. The van der Waals surface area contributed by atoms with Crippen LogP contribution in [0.1, 0.15) is 16.8 Å². The van der Waals surface area contributed by atoms with Gasteiger partial charge in [-0.15, -0.1) is 0 Å². The van der Waals surface area contributed by atoms with Gasteiger partial charge in [0.2, 0.25) is 0 Å². The van der Waals surface area contributed by atoms with Crippen LogP contribution in [0.3, 0.4) is 0 Å². The third kappa shape index (κ3) is 4.08. The number of carbonyl (C=O) groups is 1. The van der Waals surface area contributed by atoms with Crippen molar-refractivity contribution < 1.29 is 31.8 Å². The van der Waals surface area contributed by atoms with Gasteiger partial charge in [0.1, 0.15) is 16.5 Å². The summed E-state index contributed by atoms with van der Waals surface area (Å²) in [4.78, 5) is 11.8. The molecule has 11 heteroatoms. The van der Waals surface area contributed by atoms with Crippen molar-refractivity contribution in [2.24, 2.45) is 0 Å². The number of rotatable bonds is 0. The Kier molecular flexibility index (Phi) is 5.65. The van der Waals surface area contributed by atoms with Crippen molar-refractivity contribution in [3.05, 3.63) is 76.8 Å². The Morgan fingerprint density at radius 1 is 1.06 bits per heavy atom. The summed E-state index contributed by atoms with van der Waals surface area (Å²) in [5, 5.41) is 10.7. The summed E-state index contributed by atoms with van der Waals surface area (Å²) in [6.07, 6.45) is 0.350. The number of aryl methyl sites for hydroxylation is 1. The highest BCUT2D eigenvalue weighted by Gasteiger charge is 2.27. The largest absolute Gasteiger partial charge is 0.505 e. The van der Waals surface area contributed by atoms with E-state index in [9.17, 15) is 27.1 Å². The van der Waals surface area contributed by atoms with E-state index in [0.717, 1.165) is 29.1 Å². The topological polar surface area (TPSA) is 97.6 Å². The third-order valence-corrected chi connectivity index (χ3v) is 7.37. The van der Waals surface area contributed by atoms with Gasteiger partial charge < -0.3 is 14.4 Å². The number of phenolic OH excluding ortho intramolecular Hbond substituents is 1. The van der Waals surface area contributed by atoms with Gasteiger partial charge in [0.05, 0.1) is 28.6 Å². The molecule has 0 saturated heterocycles. The minimum atomic E-state index is -4.65. The number of aromatic nitrogens is 1. The number of ether oxygens (including phenoxy) is 1. The molecule has 5 rings (SSSR count). The van der Waals surface area contributed by atoms with Crippen molar-refractivity contribution in [3.8, 4) is 17.0 Å². The first-order valence-corrected chi connectivity index (χ1v) is 12.3. The van der Waals surface area contributed by atoms with Gasteiger partial charge in [0.15, 0.2) is 5.75 Å². The van der Waals surface area contributed by atoms with Crippen LogP contribution in [0.2, 0.25) is 5.02 Å². The number of nitrogens with one attached hydrogen (secondary N) is 1. The number of esters is 1. The molecule has 35 heavy (non-hydrogen) atoms. The van der Waals surface area contributed by atoms with Crippen molar-refractivity contribution in [2.45, 2.75) is 17.9 Å². The van der Waals surface area contributed by atoms with E-state index < -0.39 is 49.0 Å². The number of halogens is 3. The maximum Gasteiger partial charge on any atom is 0.338 e. The molecule has 180 valence electrons. The monoisotopic (exact) mass is 518 g/mol. The van der Waals surface area contributed by atoms with Crippen LogP contribution in [0, 0.1) is 11.6 Å². The van der Waals surface area contributed by atoms with Crippen molar-refractivity contribution >= 4 is 44.2 Å². The van der Waals surface area contributed by atoms with E-state index >= 15 is 0 Å². The van der Waals surface area contributed by atoms with E-state index in [2.05, 4.69) is 0 Å². The fourth-order valence-electron chi connectivity index (χ4n) is 4.07. The molecule has 0 amide bonds. The predicted molar refractivity (Wildman–Crippen MR) is 126 cm³/mol. The molecule has 0 unspecified atom stereocenters. The number of hydrogen-bond acceptors (Lipinski definition) is 5. The highest BCUT2D eigenvalue weighted by atomic mass is 35.5. The smallest absolute Gasteiger partial charge is 0.338 e. The fraction of sp³-hybridized carbons (Fsp3) is 0.125. The molecular weight excluding hydrogens is 502 g/mol. The molecule has 0 fully saturated rings. The quantitative estimate of drug-likeness (QED) is 0.308. The summed E-state index contributed by atoms with van der Waals surface area (Å²) in [6.45, 7) is 0.302. The number of fused-ring (bicyclic) bond motifs is 8. The molecule has 0 aliphatic carbocycles. The number of phenols is 1. The zero-order valence-corrected chi connectivity index (χ0v) is 19.5. The van der Waals surface area contributed by atoms with Crippen LogP contribution in [0.15, 0.2) is 59.5 Å². The summed E-state index contributed by atoms with van der Waals surface area (Å²) in [7, 11) is -4.65. The molecule has 0 atom stereocenters. The molecule has 4 bridgehead atoms. The summed E-state index contributed by atoms with van der Waals surface area (Å²) in [5.41, 5.74) is 0.360. The van der Waals surface area contributed by atoms with Gasteiger partial charge in [0.25, 0.3) is 10.0 Å². The second kappa shape index (κ2) is 8.54. The average Bonchev–Trinajstić information content (AvgIpc) is 3.17. The maximum atomic E-state index is 15.0. The highest BCUT2D eigenvalue weighted by Crippen LogP contribution is 2.37. The van der Waals surface area contributed by atoms with Crippen molar-refractivity contribution in [2.75, 3.05) is 11.3 Å². The number of hydrogen-bond donors (Lipinski definition) is 2. The Labute approximate surface area is 203 Å². The number of nitrogens with zero attached hydrogens (tertiary/aromatic N) is 1. The number of sulfonamides is 1. The number of aromatic hydroxyl groups is 1. The zero-order chi connectivity index (χ0) is 24.9. The predicted octanol–water partition coefficient (Wildman–Crippen LogP) is 5.31. The fourth-order valence-corrected chi connectivity index (χ4v) is 5.54. The molecular formula is C24H17ClF2N2O5S. The lowest BCUT2D eigenvalue weighted by molar-refractivity contribution is 0.0496. The van der Waals surface area contributed by atoms with Crippen LogP contribution in [-0.2, 0) is 21.3 Å². The Bertz CT molecular complexity index is 1620. The van der Waals surface area contributed by atoms with Gasteiger partial charge >= 0.3 is 5.97 Å². The van der Waals surface area contributed by atoms with E-state index in [0.29, 0.717) is 24.7 Å². The van der Waals surface area contributed by atoms with Crippen LogP contribution in [0.5, 0.6) is 5.75 Å². The van der Waals surface area contributed by atoms with E-state index in [-0.39, 0.29) is 17.7 Å². The Hall–Kier alpha value is -3.63. The number of cyclic esters (lactones) is 1. The lowest BCUT2D eigenvalue weighted by Gasteiger charge is -2.14. The van der Waals surface area contributed by atoms with Crippen LogP contribution >= 0.6 is 11.6 Å². The molecule has 7 nitrogen and oxygen atoms in total. The summed E-state index contributed by atoms with van der Waals surface area (Å²) < 4.78 is 64.9. The second-order valence-electron chi connectivity index (χ2n) is 7.95. The average molecular weight is 519 g/mol. The van der Waals surface area contributed by atoms with Crippen LogP contribution in [-0.4, -0.2) is 30.7 Å². The number of carbonyl (C=O) groups excluding carboxylic acids is 1. The zero-order valence-electron chi connectivity index (χ0n) is 17.9. The molecule has 1 aliphatic rings. The Morgan fingerprint density at radius 3 is 2.63 bits per heavy atom. The van der Waals surface area contributed by atoms with E-state index in [1.807, 2.05) is 29.0 Å². The molecule has 0 saturated carbocycles. The normalized spacial score (nSPS) is 15.5. The molecule has 1 aromatic heterocycles. The first-order chi connectivity index (χ1) is 16.7. The summed E-state index contributed by atoms with van der Waals surface area (Å²) >= 11 is 5.95. The van der Waals surface area contributed by atoms with Gasteiger partial charge in [0, 0.05) is 29.1 Å². The minimum Gasteiger partial charge on any atom is -0.505 e.